The van der Waals surface area contributed by atoms with Gasteiger partial charge >= 0.3 is 0 Å². The van der Waals surface area contributed by atoms with Crippen LogP contribution in [0.25, 0.3) is 10.9 Å². The van der Waals surface area contributed by atoms with Crippen LogP contribution in [0.4, 0.5) is 5.69 Å². The molecule has 0 aliphatic heterocycles. The minimum Gasteiger partial charge on any atom is -0.438 e. The van der Waals surface area contributed by atoms with Crippen molar-refractivity contribution in [2.45, 2.75) is 6.92 Å². The lowest BCUT2D eigenvalue weighted by Crippen LogP contribution is -1.94. The summed E-state index contributed by atoms with van der Waals surface area (Å²) in [6.45, 7) is 1.97. The van der Waals surface area contributed by atoms with E-state index in [1.54, 1.807) is 6.07 Å². The lowest BCUT2D eigenvalue weighted by atomic mass is 10.2. The fourth-order valence-corrected chi connectivity index (χ4v) is 1.89. The van der Waals surface area contributed by atoms with Crippen LogP contribution in [-0.4, -0.2) is 9.97 Å². The molecule has 3 rings (SSSR count). The number of fused-ring (bicyclic) bond motifs is 1. The summed E-state index contributed by atoms with van der Waals surface area (Å²) in [5.41, 5.74) is 8.31. The van der Waals surface area contributed by atoms with Gasteiger partial charge < -0.3 is 10.5 Å². The molecule has 0 radical (unpaired) electrons. The van der Waals surface area contributed by atoms with Crippen LogP contribution >= 0.6 is 0 Å². The summed E-state index contributed by atoms with van der Waals surface area (Å²) in [6.07, 6.45) is 1.50. The van der Waals surface area contributed by atoms with Crippen molar-refractivity contribution in [1.29, 1.82) is 0 Å². The first-order valence-corrected chi connectivity index (χ1v) is 5.98. The number of hydrogen-bond donors (Lipinski definition) is 1. The van der Waals surface area contributed by atoms with Gasteiger partial charge in [0.25, 0.3) is 0 Å². The second-order valence-electron chi connectivity index (χ2n) is 4.32. The van der Waals surface area contributed by atoms with Gasteiger partial charge in [0, 0.05) is 11.8 Å². The van der Waals surface area contributed by atoms with E-state index in [0.717, 1.165) is 16.5 Å². The molecular weight excluding hydrogens is 238 g/mol. The highest BCUT2D eigenvalue weighted by Crippen LogP contribution is 2.29. The Morgan fingerprint density at radius 2 is 1.89 bits per heavy atom. The van der Waals surface area contributed by atoms with E-state index in [9.17, 15) is 0 Å². The number of hydrogen-bond acceptors (Lipinski definition) is 4. The molecule has 0 aliphatic carbocycles. The minimum absolute atomic E-state index is 0.541. The molecule has 0 saturated carbocycles. The third kappa shape index (κ3) is 2.20. The van der Waals surface area contributed by atoms with Gasteiger partial charge in [0.2, 0.25) is 5.88 Å². The predicted octanol–water partition coefficient (Wildman–Crippen LogP) is 3.31. The van der Waals surface area contributed by atoms with Crippen LogP contribution in [-0.2, 0) is 0 Å². The number of benzene rings is 2. The molecule has 4 nitrogen and oxygen atoms in total. The average Bonchev–Trinajstić information content (AvgIpc) is 2.43. The maximum absolute atomic E-state index is 5.87. The van der Waals surface area contributed by atoms with Crippen LogP contribution < -0.4 is 10.5 Å². The first-order valence-electron chi connectivity index (χ1n) is 5.98. The average molecular weight is 251 g/mol. The second kappa shape index (κ2) is 4.57. The van der Waals surface area contributed by atoms with Crippen LogP contribution in [0, 0.1) is 6.92 Å². The second-order valence-corrected chi connectivity index (χ2v) is 4.32. The van der Waals surface area contributed by atoms with Gasteiger partial charge in [-0.2, -0.15) is 0 Å². The third-order valence-electron chi connectivity index (χ3n) is 2.93. The molecule has 0 spiro atoms. The number of nitrogens with zero attached hydrogens (tertiary/aromatic N) is 2. The number of rotatable bonds is 2. The summed E-state index contributed by atoms with van der Waals surface area (Å²) in [6, 6.07) is 13.3. The van der Waals surface area contributed by atoms with E-state index >= 15 is 0 Å². The molecule has 0 bridgehead atoms. The Bertz CT molecular complexity index is 735. The summed E-state index contributed by atoms with van der Waals surface area (Å²) in [5, 5.41) is 0.881. The molecule has 0 fully saturated rings. The van der Waals surface area contributed by atoms with Crippen molar-refractivity contribution in [1.82, 2.24) is 9.97 Å². The summed E-state index contributed by atoms with van der Waals surface area (Å²) >= 11 is 0. The van der Waals surface area contributed by atoms with Gasteiger partial charge in [-0.1, -0.05) is 18.2 Å². The predicted molar refractivity (Wildman–Crippen MR) is 75.2 cm³/mol. The molecule has 4 heteroatoms. The lowest BCUT2D eigenvalue weighted by molar-refractivity contribution is 0.465. The zero-order valence-corrected chi connectivity index (χ0v) is 10.5. The molecule has 2 N–H and O–H groups in total. The van der Waals surface area contributed by atoms with Crippen LogP contribution in [0.2, 0.25) is 0 Å². The highest BCUT2D eigenvalue weighted by molar-refractivity contribution is 5.83. The lowest BCUT2D eigenvalue weighted by Gasteiger charge is -2.10. The molecule has 0 amide bonds. The van der Waals surface area contributed by atoms with Crippen LogP contribution in [0.15, 0.2) is 48.8 Å². The normalized spacial score (nSPS) is 10.6. The van der Waals surface area contributed by atoms with Crippen molar-refractivity contribution in [2.75, 3.05) is 5.73 Å². The van der Waals surface area contributed by atoms with Crippen molar-refractivity contribution in [2.24, 2.45) is 0 Å². The van der Waals surface area contributed by atoms with Crippen molar-refractivity contribution in [3.05, 3.63) is 54.4 Å². The smallest absolute Gasteiger partial charge is 0.230 e. The number of nitrogen functional groups attached to an aromatic ring is 1. The number of anilines is 1. The minimum atomic E-state index is 0.541. The van der Waals surface area contributed by atoms with Gasteiger partial charge in [0.15, 0.2) is 0 Å². The molecule has 1 heterocycles. The molecule has 1 aromatic heterocycles. The Morgan fingerprint density at radius 1 is 1.05 bits per heavy atom. The van der Waals surface area contributed by atoms with Gasteiger partial charge in [-0.15, -0.1) is 0 Å². The summed E-state index contributed by atoms with van der Waals surface area (Å²) < 4.78 is 5.87. The first-order chi connectivity index (χ1) is 9.24. The monoisotopic (exact) mass is 251 g/mol. The van der Waals surface area contributed by atoms with Crippen molar-refractivity contribution in [3.8, 4) is 11.6 Å². The van der Waals surface area contributed by atoms with Gasteiger partial charge in [0.1, 0.15) is 12.1 Å². The summed E-state index contributed by atoms with van der Waals surface area (Å²) in [5.74, 6) is 1.25. The summed E-state index contributed by atoms with van der Waals surface area (Å²) in [4.78, 5) is 8.41. The Hall–Kier alpha value is -2.62. The highest BCUT2D eigenvalue weighted by atomic mass is 16.5. The molecule has 0 unspecified atom stereocenters. The van der Waals surface area contributed by atoms with E-state index < -0.39 is 0 Å². The fourth-order valence-electron chi connectivity index (χ4n) is 1.89. The Morgan fingerprint density at radius 3 is 2.79 bits per heavy atom. The quantitative estimate of drug-likeness (QED) is 0.710. The number of aryl methyl sites for hydroxylation is 1. The number of aromatic nitrogens is 2. The van der Waals surface area contributed by atoms with Gasteiger partial charge in [-0.3, -0.25) is 0 Å². The standard InChI is InChI=1S/C15H13N3O/c1-10-6-7-11(16)8-14(10)19-15-12-4-2-3-5-13(12)17-9-18-15/h2-9H,16H2,1H3. The molecule has 0 aliphatic rings. The first kappa shape index (κ1) is 11.5. The van der Waals surface area contributed by atoms with Gasteiger partial charge in [-0.05, 0) is 30.7 Å². The van der Waals surface area contributed by atoms with Crippen LogP contribution in [0.3, 0.4) is 0 Å². The molecular formula is C15H13N3O. The maximum Gasteiger partial charge on any atom is 0.230 e. The van der Waals surface area contributed by atoms with E-state index in [4.69, 9.17) is 10.5 Å². The largest absolute Gasteiger partial charge is 0.438 e. The number of nitrogens with two attached hydrogens (primary N) is 1. The molecule has 2 aromatic carbocycles. The zero-order valence-electron chi connectivity index (χ0n) is 10.5. The zero-order chi connectivity index (χ0) is 13.2. The fraction of sp³-hybridized carbons (Fsp3) is 0.0667. The van der Waals surface area contributed by atoms with E-state index in [2.05, 4.69) is 9.97 Å². The van der Waals surface area contributed by atoms with Crippen molar-refractivity contribution in [3.63, 3.8) is 0 Å². The Balaban J connectivity index is 2.08. The third-order valence-corrected chi connectivity index (χ3v) is 2.93. The number of ether oxygens (including phenoxy) is 1. The van der Waals surface area contributed by atoms with E-state index in [1.807, 2.05) is 43.3 Å². The molecule has 3 aromatic rings. The highest BCUT2D eigenvalue weighted by Gasteiger charge is 2.07. The van der Waals surface area contributed by atoms with Gasteiger partial charge in [0.05, 0.1) is 10.9 Å². The molecule has 0 saturated heterocycles. The summed E-state index contributed by atoms with van der Waals surface area (Å²) in [7, 11) is 0. The molecule has 19 heavy (non-hydrogen) atoms. The van der Waals surface area contributed by atoms with Crippen LogP contribution in [0.1, 0.15) is 5.56 Å². The topological polar surface area (TPSA) is 61.0 Å². The van der Waals surface area contributed by atoms with E-state index in [0.29, 0.717) is 17.3 Å². The Labute approximate surface area is 110 Å². The van der Waals surface area contributed by atoms with E-state index in [1.165, 1.54) is 6.33 Å². The van der Waals surface area contributed by atoms with Crippen molar-refractivity contribution >= 4 is 16.6 Å². The van der Waals surface area contributed by atoms with Gasteiger partial charge in [-0.25, -0.2) is 9.97 Å². The Kier molecular flexibility index (Phi) is 2.76. The van der Waals surface area contributed by atoms with E-state index in [-0.39, 0.29) is 0 Å². The SMILES string of the molecule is Cc1ccc(N)cc1Oc1ncnc2ccccc12. The molecule has 0 atom stereocenters. The number of para-hydroxylation sites is 1. The molecule has 94 valence electrons. The van der Waals surface area contributed by atoms with Crippen molar-refractivity contribution < 1.29 is 4.74 Å². The maximum atomic E-state index is 5.87. The van der Waals surface area contributed by atoms with Crippen LogP contribution in [0.5, 0.6) is 11.6 Å².